The van der Waals surface area contributed by atoms with Gasteiger partial charge in [-0.05, 0) is 80.8 Å². The number of aryl methyl sites for hydroxylation is 1. The minimum Gasteiger partial charge on any atom is -0.457 e. The van der Waals surface area contributed by atoms with E-state index in [1.54, 1.807) is 7.11 Å². The maximum atomic E-state index is 6.39. The number of para-hydroxylation sites is 2. The van der Waals surface area contributed by atoms with Crippen LogP contribution >= 0.6 is 0 Å². The summed E-state index contributed by atoms with van der Waals surface area (Å²) in [4.78, 5) is 0. The molecule has 1 N–H and O–H groups in total. The van der Waals surface area contributed by atoms with Crippen molar-refractivity contribution in [3.8, 4) is 11.5 Å². The van der Waals surface area contributed by atoms with Crippen LogP contribution in [-0.4, -0.2) is 26.8 Å². The van der Waals surface area contributed by atoms with Gasteiger partial charge in [-0.25, -0.2) is 0 Å². The molecule has 0 bridgehead atoms. The van der Waals surface area contributed by atoms with E-state index in [1.807, 2.05) is 6.07 Å². The molecule has 1 aliphatic heterocycles. The number of unbranched alkanes of at least 4 members (excludes halogenated alkanes) is 1. The first kappa shape index (κ1) is 19.9. The van der Waals surface area contributed by atoms with Gasteiger partial charge in [0.25, 0.3) is 0 Å². The van der Waals surface area contributed by atoms with Crippen LogP contribution in [-0.2, 0) is 4.74 Å². The first-order valence-electron chi connectivity index (χ1n) is 10.3. The van der Waals surface area contributed by atoms with Crippen LogP contribution in [0, 0.1) is 12.8 Å². The van der Waals surface area contributed by atoms with Gasteiger partial charge in [0.15, 0.2) is 0 Å². The summed E-state index contributed by atoms with van der Waals surface area (Å²) in [6, 6.07) is 16.9. The lowest BCUT2D eigenvalue weighted by molar-refractivity contribution is 0.189. The smallest absolute Gasteiger partial charge is 0.130 e. The van der Waals surface area contributed by atoms with Crippen molar-refractivity contribution in [2.24, 2.45) is 5.92 Å². The molecule has 0 spiro atoms. The molecule has 2 atom stereocenters. The van der Waals surface area contributed by atoms with Crippen LogP contribution in [0.2, 0.25) is 0 Å². The maximum absolute atomic E-state index is 6.39. The second-order valence-corrected chi connectivity index (χ2v) is 7.61. The SMILES string of the molecule is COCCCC[C@H](c1ccccc1Oc1ccccc1C)[C@H]1CCCNC1. The predicted molar refractivity (Wildman–Crippen MR) is 112 cm³/mol. The van der Waals surface area contributed by atoms with Crippen LogP contribution in [0.4, 0.5) is 0 Å². The van der Waals surface area contributed by atoms with Gasteiger partial charge in [-0.1, -0.05) is 42.8 Å². The van der Waals surface area contributed by atoms with Gasteiger partial charge >= 0.3 is 0 Å². The summed E-state index contributed by atoms with van der Waals surface area (Å²) in [5, 5.41) is 3.60. The maximum Gasteiger partial charge on any atom is 0.130 e. The zero-order valence-corrected chi connectivity index (χ0v) is 16.7. The fraction of sp³-hybridized carbons (Fsp3) is 0.500. The van der Waals surface area contributed by atoms with Crippen molar-refractivity contribution in [2.45, 2.75) is 44.9 Å². The lowest BCUT2D eigenvalue weighted by Gasteiger charge is -2.32. The summed E-state index contributed by atoms with van der Waals surface area (Å²) >= 11 is 0. The number of methoxy groups -OCH3 is 1. The van der Waals surface area contributed by atoms with Crippen LogP contribution in [0.15, 0.2) is 48.5 Å². The van der Waals surface area contributed by atoms with E-state index in [0.717, 1.165) is 37.6 Å². The Hall–Kier alpha value is -1.84. The lowest BCUT2D eigenvalue weighted by Crippen LogP contribution is -2.33. The average molecular weight is 368 g/mol. The van der Waals surface area contributed by atoms with Crippen molar-refractivity contribution in [2.75, 3.05) is 26.8 Å². The number of nitrogens with one attached hydrogen (secondary N) is 1. The van der Waals surface area contributed by atoms with Crippen LogP contribution in [0.1, 0.15) is 49.1 Å². The molecule has 0 saturated carbocycles. The monoisotopic (exact) mass is 367 g/mol. The fourth-order valence-electron chi connectivity index (χ4n) is 4.15. The average Bonchev–Trinajstić information content (AvgIpc) is 2.71. The molecule has 0 aromatic heterocycles. The summed E-state index contributed by atoms with van der Waals surface area (Å²) in [6.45, 7) is 5.20. The van der Waals surface area contributed by atoms with Crippen LogP contribution in [0.25, 0.3) is 0 Å². The van der Waals surface area contributed by atoms with E-state index < -0.39 is 0 Å². The third kappa shape index (κ3) is 5.57. The van der Waals surface area contributed by atoms with E-state index in [4.69, 9.17) is 9.47 Å². The van der Waals surface area contributed by atoms with Gasteiger partial charge in [0.2, 0.25) is 0 Å². The molecule has 27 heavy (non-hydrogen) atoms. The number of hydrogen-bond donors (Lipinski definition) is 1. The van der Waals surface area contributed by atoms with E-state index in [-0.39, 0.29) is 0 Å². The Morgan fingerprint density at radius 2 is 1.81 bits per heavy atom. The lowest BCUT2D eigenvalue weighted by atomic mass is 9.78. The number of rotatable bonds is 9. The van der Waals surface area contributed by atoms with Gasteiger partial charge in [0, 0.05) is 13.7 Å². The molecular weight excluding hydrogens is 334 g/mol. The highest BCUT2D eigenvalue weighted by atomic mass is 16.5. The van der Waals surface area contributed by atoms with Gasteiger partial charge in [0.05, 0.1) is 0 Å². The second-order valence-electron chi connectivity index (χ2n) is 7.61. The molecular formula is C24H33NO2. The molecule has 0 aliphatic carbocycles. The number of ether oxygens (including phenoxy) is 2. The Labute approximate surface area is 164 Å². The van der Waals surface area contributed by atoms with E-state index in [9.17, 15) is 0 Å². The van der Waals surface area contributed by atoms with Gasteiger partial charge in [0.1, 0.15) is 11.5 Å². The zero-order valence-electron chi connectivity index (χ0n) is 16.7. The van der Waals surface area contributed by atoms with Gasteiger partial charge in [-0.15, -0.1) is 0 Å². The molecule has 0 amide bonds. The van der Waals surface area contributed by atoms with Gasteiger partial charge < -0.3 is 14.8 Å². The zero-order chi connectivity index (χ0) is 18.9. The Balaban J connectivity index is 1.83. The van der Waals surface area contributed by atoms with E-state index in [1.165, 1.54) is 36.8 Å². The first-order valence-corrected chi connectivity index (χ1v) is 10.3. The molecule has 0 unspecified atom stereocenters. The van der Waals surface area contributed by atoms with Crippen molar-refractivity contribution in [3.63, 3.8) is 0 Å². The summed E-state index contributed by atoms with van der Waals surface area (Å²) < 4.78 is 11.6. The Morgan fingerprint density at radius 3 is 2.56 bits per heavy atom. The van der Waals surface area contributed by atoms with Crippen molar-refractivity contribution < 1.29 is 9.47 Å². The molecule has 2 aromatic carbocycles. The Kier molecular flexibility index (Phi) is 7.73. The van der Waals surface area contributed by atoms with Gasteiger partial charge in [-0.2, -0.15) is 0 Å². The molecule has 1 heterocycles. The highest BCUT2D eigenvalue weighted by molar-refractivity contribution is 5.42. The molecule has 146 valence electrons. The van der Waals surface area contributed by atoms with Crippen LogP contribution in [0.5, 0.6) is 11.5 Å². The van der Waals surface area contributed by atoms with Crippen molar-refractivity contribution in [1.29, 1.82) is 0 Å². The highest BCUT2D eigenvalue weighted by Crippen LogP contribution is 2.40. The summed E-state index contributed by atoms with van der Waals surface area (Å²) in [7, 11) is 1.79. The minimum atomic E-state index is 0.523. The van der Waals surface area contributed by atoms with E-state index in [0.29, 0.717) is 11.8 Å². The number of piperidine rings is 1. The first-order chi connectivity index (χ1) is 13.3. The number of benzene rings is 2. The second kappa shape index (κ2) is 10.5. The Morgan fingerprint density at radius 1 is 1.04 bits per heavy atom. The summed E-state index contributed by atoms with van der Waals surface area (Å²) in [5.74, 6) is 3.15. The molecule has 3 rings (SSSR count). The van der Waals surface area contributed by atoms with E-state index >= 15 is 0 Å². The minimum absolute atomic E-state index is 0.523. The summed E-state index contributed by atoms with van der Waals surface area (Å²) in [6.07, 6.45) is 6.05. The standard InChI is InChI=1S/C24H33NO2/c1-19-10-3-5-14-23(19)27-24-15-6-4-13-22(24)21(12-7-8-17-26-2)20-11-9-16-25-18-20/h3-6,10,13-15,20-21,25H,7-9,11-12,16-18H2,1-2H3/t20-,21-/m0/s1. The molecule has 0 radical (unpaired) electrons. The summed E-state index contributed by atoms with van der Waals surface area (Å²) in [5.41, 5.74) is 2.52. The largest absolute Gasteiger partial charge is 0.457 e. The highest BCUT2D eigenvalue weighted by Gasteiger charge is 2.27. The van der Waals surface area contributed by atoms with Crippen LogP contribution < -0.4 is 10.1 Å². The third-order valence-electron chi connectivity index (χ3n) is 5.65. The quantitative estimate of drug-likeness (QED) is 0.578. The molecule has 1 fully saturated rings. The van der Waals surface area contributed by atoms with Crippen molar-refractivity contribution >= 4 is 0 Å². The molecule has 1 aliphatic rings. The van der Waals surface area contributed by atoms with Gasteiger partial charge in [-0.3, -0.25) is 0 Å². The Bertz CT molecular complexity index is 694. The molecule has 2 aromatic rings. The predicted octanol–water partition coefficient (Wildman–Crippen LogP) is 5.69. The topological polar surface area (TPSA) is 30.5 Å². The normalized spacial score (nSPS) is 18.2. The molecule has 3 heteroatoms. The number of hydrogen-bond acceptors (Lipinski definition) is 3. The third-order valence-corrected chi connectivity index (χ3v) is 5.65. The molecule has 3 nitrogen and oxygen atoms in total. The van der Waals surface area contributed by atoms with Crippen LogP contribution in [0.3, 0.4) is 0 Å². The van der Waals surface area contributed by atoms with E-state index in [2.05, 4.69) is 54.7 Å². The van der Waals surface area contributed by atoms with Crippen molar-refractivity contribution in [1.82, 2.24) is 5.32 Å². The fourth-order valence-corrected chi connectivity index (χ4v) is 4.15. The van der Waals surface area contributed by atoms with Crippen molar-refractivity contribution in [3.05, 3.63) is 59.7 Å². The molecule has 1 saturated heterocycles.